The van der Waals surface area contributed by atoms with E-state index < -0.39 is 10.0 Å². The molecule has 1 N–H and O–H groups in total. The Labute approximate surface area is 141 Å². The fraction of sp³-hybridized carbons (Fsp3) is 0.167. The van der Waals surface area contributed by atoms with Crippen molar-refractivity contribution in [2.45, 2.75) is 11.8 Å². The second-order valence-corrected chi connectivity index (χ2v) is 6.65. The number of hydrogen-bond acceptors (Lipinski definition) is 4. The number of carbonyl (C=O) groups excluding carboxylic acids is 1. The van der Waals surface area contributed by atoms with E-state index in [4.69, 9.17) is 4.74 Å². The fourth-order valence-corrected chi connectivity index (χ4v) is 3.08. The van der Waals surface area contributed by atoms with Crippen LogP contribution in [0.4, 0.5) is 0 Å². The van der Waals surface area contributed by atoms with Crippen LogP contribution in [0.2, 0.25) is 0 Å². The van der Waals surface area contributed by atoms with Gasteiger partial charge in [-0.1, -0.05) is 36.1 Å². The quantitative estimate of drug-likeness (QED) is 0.667. The maximum Gasteiger partial charge on any atom is 0.245 e. The average Bonchev–Trinajstić information content (AvgIpc) is 2.59. The van der Waals surface area contributed by atoms with Crippen molar-refractivity contribution in [3.8, 4) is 17.6 Å². The highest BCUT2D eigenvalue weighted by atomic mass is 32.2. The zero-order valence-electron chi connectivity index (χ0n) is 13.4. The zero-order chi connectivity index (χ0) is 17.6. The Morgan fingerprint density at radius 1 is 1.12 bits per heavy atom. The van der Waals surface area contributed by atoms with Gasteiger partial charge in [0, 0.05) is 11.1 Å². The SMILES string of the molecule is COc1ccccc1S(=O)(=O)NCC#Cc1ccc(C(C)=O)cc1. The second kappa shape index (κ2) is 7.77. The van der Waals surface area contributed by atoms with E-state index in [1.165, 1.54) is 20.1 Å². The van der Waals surface area contributed by atoms with Crippen molar-refractivity contribution < 1.29 is 17.9 Å². The van der Waals surface area contributed by atoms with Gasteiger partial charge in [-0.15, -0.1) is 0 Å². The normalized spacial score (nSPS) is 10.6. The van der Waals surface area contributed by atoms with Crippen molar-refractivity contribution in [3.63, 3.8) is 0 Å². The minimum atomic E-state index is -3.70. The molecule has 0 aromatic heterocycles. The smallest absolute Gasteiger partial charge is 0.245 e. The number of sulfonamides is 1. The third-order valence-electron chi connectivity index (χ3n) is 3.23. The van der Waals surface area contributed by atoms with E-state index in [2.05, 4.69) is 16.6 Å². The summed E-state index contributed by atoms with van der Waals surface area (Å²) in [6, 6.07) is 13.2. The number of methoxy groups -OCH3 is 1. The summed E-state index contributed by atoms with van der Waals surface area (Å²) in [6.45, 7) is 1.46. The molecule has 0 fully saturated rings. The zero-order valence-corrected chi connectivity index (χ0v) is 14.2. The van der Waals surface area contributed by atoms with Crippen molar-refractivity contribution >= 4 is 15.8 Å². The molecule has 0 aliphatic rings. The predicted molar refractivity (Wildman–Crippen MR) is 91.5 cm³/mol. The lowest BCUT2D eigenvalue weighted by atomic mass is 10.1. The molecule has 0 heterocycles. The van der Waals surface area contributed by atoms with Gasteiger partial charge in [0.2, 0.25) is 10.0 Å². The molecular formula is C18H17NO4S. The minimum absolute atomic E-state index is 0.0147. The average molecular weight is 343 g/mol. The van der Waals surface area contributed by atoms with E-state index in [0.717, 1.165) is 0 Å². The molecule has 0 saturated carbocycles. The van der Waals surface area contributed by atoms with Gasteiger partial charge in [-0.25, -0.2) is 8.42 Å². The summed E-state index contributed by atoms with van der Waals surface area (Å²) < 4.78 is 32.0. The molecule has 0 unspecified atom stereocenters. The molecule has 0 aliphatic carbocycles. The lowest BCUT2D eigenvalue weighted by Crippen LogP contribution is -2.24. The van der Waals surface area contributed by atoms with E-state index >= 15 is 0 Å². The molecule has 2 aromatic carbocycles. The first-order valence-corrected chi connectivity index (χ1v) is 8.65. The maximum atomic E-state index is 12.2. The van der Waals surface area contributed by atoms with Gasteiger partial charge in [0.1, 0.15) is 10.6 Å². The Morgan fingerprint density at radius 3 is 2.42 bits per heavy atom. The van der Waals surface area contributed by atoms with Gasteiger partial charge in [-0.05, 0) is 31.2 Å². The van der Waals surface area contributed by atoms with Gasteiger partial charge >= 0.3 is 0 Å². The Morgan fingerprint density at radius 2 is 1.79 bits per heavy atom. The van der Waals surface area contributed by atoms with Crippen molar-refractivity contribution in [2.75, 3.05) is 13.7 Å². The summed E-state index contributed by atoms with van der Waals surface area (Å²) in [5, 5.41) is 0. The first-order chi connectivity index (χ1) is 11.4. The summed E-state index contributed by atoms with van der Waals surface area (Å²) in [5.74, 6) is 5.85. The van der Waals surface area contributed by atoms with E-state index in [9.17, 15) is 13.2 Å². The van der Waals surface area contributed by atoms with Gasteiger partial charge in [0.15, 0.2) is 5.78 Å². The molecule has 2 rings (SSSR count). The van der Waals surface area contributed by atoms with Crippen LogP contribution in [0.15, 0.2) is 53.4 Å². The summed E-state index contributed by atoms with van der Waals surface area (Å²) >= 11 is 0. The second-order valence-electron chi connectivity index (χ2n) is 4.91. The summed E-state index contributed by atoms with van der Waals surface area (Å²) in [5.41, 5.74) is 1.31. The molecule has 24 heavy (non-hydrogen) atoms. The fourth-order valence-electron chi connectivity index (χ4n) is 1.98. The van der Waals surface area contributed by atoms with E-state index in [1.807, 2.05) is 0 Å². The van der Waals surface area contributed by atoms with Gasteiger partial charge in [-0.2, -0.15) is 4.72 Å². The van der Waals surface area contributed by atoms with E-state index in [-0.39, 0.29) is 23.0 Å². The number of Topliss-reactive ketones (excluding diaryl/α,β-unsaturated/α-hetero) is 1. The standard InChI is InChI=1S/C18H17NO4S/c1-14(20)16-11-9-15(10-12-16)6-5-13-19-24(21,22)18-8-4-3-7-17(18)23-2/h3-4,7-12,19H,13H2,1-2H3. The van der Waals surface area contributed by atoms with Crippen LogP contribution in [-0.2, 0) is 10.0 Å². The lowest BCUT2D eigenvalue weighted by molar-refractivity contribution is 0.101. The maximum absolute atomic E-state index is 12.2. The number of nitrogens with one attached hydrogen (secondary N) is 1. The summed E-state index contributed by atoms with van der Waals surface area (Å²) in [6.07, 6.45) is 0. The van der Waals surface area contributed by atoms with Crippen LogP contribution in [-0.4, -0.2) is 27.9 Å². The Bertz CT molecular complexity index is 891. The molecular weight excluding hydrogens is 326 g/mol. The molecule has 2 aromatic rings. The van der Waals surface area contributed by atoms with Crippen LogP contribution >= 0.6 is 0 Å². The molecule has 0 radical (unpaired) electrons. The topological polar surface area (TPSA) is 72.5 Å². The molecule has 6 heteroatoms. The van der Waals surface area contributed by atoms with Crippen molar-refractivity contribution in [1.29, 1.82) is 0 Å². The number of hydrogen-bond donors (Lipinski definition) is 1. The monoisotopic (exact) mass is 343 g/mol. The Balaban J connectivity index is 2.05. The predicted octanol–water partition coefficient (Wildman–Crippen LogP) is 2.23. The van der Waals surface area contributed by atoms with Gasteiger partial charge in [-0.3, -0.25) is 4.79 Å². The summed E-state index contributed by atoms with van der Waals surface area (Å²) in [7, 11) is -2.28. The van der Waals surface area contributed by atoms with Gasteiger partial charge < -0.3 is 4.74 Å². The molecule has 0 atom stereocenters. The highest BCUT2D eigenvalue weighted by Crippen LogP contribution is 2.22. The molecule has 0 aliphatic heterocycles. The molecule has 0 saturated heterocycles. The molecule has 0 spiro atoms. The number of benzene rings is 2. The Hall–Kier alpha value is -2.62. The van der Waals surface area contributed by atoms with Crippen LogP contribution in [0.3, 0.4) is 0 Å². The van der Waals surface area contributed by atoms with Crippen molar-refractivity contribution in [1.82, 2.24) is 4.72 Å². The molecule has 0 amide bonds. The van der Waals surface area contributed by atoms with Crippen LogP contribution in [0.5, 0.6) is 5.75 Å². The number of ether oxygens (including phenoxy) is 1. The first-order valence-electron chi connectivity index (χ1n) is 7.16. The van der Waals surface area contributed by atoms with Gasteiger partial charge in [0.05, 0.1) is 13.7 Å². The highest BCUT2D eigenvalue weighted by Gasteiger charge is 2.17. The van der Waals surface area contributed by atoms with Crippen molar-refractivity contribution in [3.05, 3.63) is 59.7 Å². The highest BCUT2D eigenvalue weighted by molar-refractivity contribution is 7.89. The number of carbonyl (C=O) groups is 1. The first kappa shape index (κ1) is 17.7. The molecule has 124 valence electrons. The van der Waals surface area contributed by atoms with Crippen LogP contribution in [0, 0.1) is 11.8 Å². The van der Waals surface area contributed by atoms with Crippen molar-refractivity contribution in [2.24, 2.45) is 0 Å². The summed E-state index contributed by atoms with van der Waals surface area (Å²) in [4.78, 5) is 11.3. The van der Waals surface area contributed by atoms with Crippen LogP contribution in [0.25, 0.3) is 0 Å². The molecule has 5 nitrogen and oxygen atoms in total. The van der Waals surface area contributed by atoms with Crippen LogP contribution in [0.1, 0.15) is 22.8 Å². The lowest BCUT2D eigenvalue weighted by Gasteiger charge is -2.08. The third-order valence-corrected chi connectivity index (χ3v) is 4.67. The van der Waals surface area contributed by atoms with E-state index in [0.29, 0.717) is 11.1 Å². The minimum Gasteiger partial charge on any atom is -0.495 e. The van der Waals surface area contributed by atoms with Gasteiger partial charge in [0.25, 0.3) is 0 Å². The number of para-hydroxylation sites is 1. The Kier molecular flexibility index (Phi) is 5.74. The van der Waals surface area contributed by atoms with E-state index in [1.54, 1.807) is 42.5 Å². The largest absolute Gasteiger partial charge is 0.495 e. The number of ketones is 1. The molecule has 0 bridgehead atoms. The third kappa shape index (κ3) is 4.44. The number of rotatable bonds is 5. The van der Waals surface area contributed by atoms with Crippen LogP contribution < -0.4 is 9.46 Å².